The molecule has 2 aromatic carbocycles. The molecule has 164 valence electrons. The number of hydrogen-bond acceptors (Lipinski definition) is 4. The van der Waals surface area contributed by atoms with E-state index in [1.54, 1.807) is 23.1 Å². The van der Waals surface area contributed by atoms with Gasteiger partial charge in [-0.25, -0.2) is 4.79 Å². The predicted octanol–water partition coefficient (Wildman–Crippen LogP) is 3.55. The van der Waals surface area contributed by atoms with Crippen molar-refractivity contribution >= 4 is 28.7 Å². The van der Waals surface area contributed by atoms with E-state index in [2.05, 4.69) is 0 Å². The Morgan fingerprint density at radius 3 is 2.39 bits per heavy atom. The second kappa shape index (κ2) is 9.37. The Morgan fingerprint density at radius 1 is 0.903 bits per heavy atom. The van der Waals surface area contributed by atoms with Crippen molar-refractivity contribution in [3.05, 3.63) is 42.0 Å². The summed E-state index contributed by atoms with van der Waals surface area (Å²) in [6.45, 7) is 2.07. The van der Waals surface area contributed by atoms with Crippen LogP contribution in [0.3, 0.4) is 0 Å². The molecule has 2 fully saturated rings. The fourth-order valence-corrected chi connectivity index (χ4v) is 4.69. The highest BCUT2D eigenvalue weighted by Gasteiger charge is 2.27. The average molecular weight is 424 g/mol. The third kappa shape index (κ3) is 4.81. The second-order valence-corrected chi connectivity index (χ2v) is 8.47. The zero-order valence-corrected chi connectivity index (χ0v) is 17.7. The Balaban J connectivity index is 1.42. The number of rotatable bonds is 4. The van der Waals surface area contributed by atoms with Crippen LogP contribution in [0.1, 0.15) is 48.9 Å². The van der Waals surface area contributed by atoms with Crippen LogP contribution in [-0.2, 0) is 4.79 Å². The first kappa shape index (κ1) is 21.2. The van der Waals surface area contributed by atoms with Gasteiger partial charge in [-0.2, -0.15) is 0 Å². The van der Waals surface area contributed by atoms with Crippen LogP contribution in [0.15, 0.2) is 36.4 Å². The quantitative estimate of drug-likeness (QED) is 0.814. The van der Waals surface area contributed by atoms with Crippen LogP contribution in [0.25, 0.3) is 10.8 Å². The van der Waals surface area contributed by atoms with Gasteiger partial charge in [0.1, 0.15) is 5.75 Å². The van der Waals surface area contributed by atoms with Crippen LogP contribution in [0, 0.1) is 5.92 Å². The van der Waals surface area contributed by atoms with E-state index in [1.165, 1.54) is 12.8 Å². The van der Waals surface area contributed by atoms with Crippen LogP contribution in [-0.4, -0.2) is 53.9 Å². The summed E-state index contributed by atoms with van der Waals surface area (Å²) in [5.74, 6) is 0.221. The highest BCUT2D eigenvalue weighted by Crippen LogP contribution is 2.29. The molecule has 2 N–H and O–H groups in total. The van der Waals surface area contributed by atoms with Crippen molar-refractivity contribution < 1.29 is 19.1 Å². The summed E-state index contributed by atoms with van der Waals surface area (Å²) in [5.41, 5.74) is 5.79. The zero-order chi connectivity index (χ0) is 21.8. The summed E-state index contributed by atoms with van der Waals surface area (Å²) < 4.78 is 5.60. The molecular formula is C24H29N3O4. The lowest BCUT2D eigenvalue weighted by atomic mass is 10.0. The molecule has 0 bridgehead atoms. The lowest BCUT2D eigenvalue weighted by Gasteiger charge is -2.23. The Kier molecular flexibility index (Phi) is 6.39. The van der Waals surface area contributed by atoms with Crippen molar-refractivity contribution in [1.29, 1.82) is 0 Å². The molecular weight excluding hydrogens is 394 g/mol. The number of carbonyl (C=O) groups is 3. The molecule has 0 atom stereocenters. The number of hydrogen-bond donors (Lipinski definition) is 1. The van der Waals surface area contributed by atoms with E-state index < -0.39 is 12.0 Å². The monoisotopic (exact) mass is 423 g/mol. The molecule has 0 unspecified atom stereocenters. The van der Waals surface area contributed by atoms with Crippen LogP contribution >= 0.6 is 0 Å². The van der Waals surface area contributed by atoms with Crippen LogP contribution in [0.4, 0.5) is 4.79 Å². The number of amides is 3. The van der Waals surface area contributed by atoms with Gasteiger partial charge >= 0.3 is 6.09 Å². The smallest absolute Gasteiger partial charge is 0.409 e. The van der Waals surface area contributed by atoms with E-state index >= 15 is 0 Å². The van der Waals surface area contributed by atoms with Crippen LogP contribution in [0.2, 0.25) is 0 Å². The summed E-state index contributed by atoms with van der Waals surface area (Å²) in [6.07, 6.45) is 5.52. The minimum atomic E-state index is -0.640. The minimum Gasteiger partial charge on any atom is -0.409 e. The average Bonchev–Trinajstić information content (AvgIpc) is 3.14. The van der Waals surface area contributed by atoms with Gasteiger partial charge in [0, 0.05) is 32.6 Å². The maximum atomic E-state index is 12.8. The Labute approximate surface area is 182 Å². The van der Waals surface area contributed by atoms with Crippen molar-refractivity contribution in [2.45, 2.75) is 38.5 Å². The van der Waals surface area contributed by atoms with Crippen molar-refractivity contribution in [1.82, 2.24) is 9.80 Å². The number of fused-ring (bicyclic) bond motifs is 1. The lowest BCUT2D eigenvalue weighted by molar-refractivity contribution is -0.132. The summed E-state index contributed by atoms with van der Waals surface area (Å²) in [5, 5.41) is 1.50. The Morgan fingerprint density at radius 2 is 1.61 bits per heavy atom. The largest absolute Gasteiger partial charge is 0.415 e. The van der Waals surface area contributed by atoms with E-state index in [1.807, 2.05) is 23.1 Å². The molecule has 7 heteroatoms. The molecule has 1 heterocycles. The Hall–Kier alpha value is -3.09. The molecule has 1 saturated carbocycles. The minimum absolute atomic E-state index is 0.162. The van der Waals surface area contributed by atoms with Gasteiger partial charge in [0.25, 0.3) is 5.91 Å². The third-order valence-electron chi connectivity index (χ3n) is 6.38. The Bertz CT molecular complexity index is 984. The number of benzene rings is 2. The number of nitrogens with two attached hydrogens (primary N) is 1. The first-order chi connectivity index (χ1) is 15.0. The fraction of sp³-hybridized carbons (Fsp3) is 0.458. The van der Waals surface area contributed by atoms with Gasteiger partial charge in [-0.3, -0.25) is 9.59 Å². The molecule has 1 aliphatic heterocycles. The first-order valence-electron chi connectivity index (χ1n) is 11.1. The SMILES string of the molecule is NC(=O)c1c(OC(=O)N2CCCN(C(=O)CC3CCCC3)CC2)ccc2ccccc12. The van der Waals surface area contributed by atoms with Crippen molar-refractivity contribution in [2.24, 2.45) is 11.7 Å². The van der Waals surface area contributed by atoms with Crippen molar-refractivity contribution in [2.75, 3.05) is 26.2 Å². The van der Waals surface area contributed by atoms with Gasteiger partial charge in [0.2, 0.25) is 5.91 Å². The van der Waals surface area contributed by atoms with E-state index in [9.17, 15) is 14.4 Å². The van der Waals surface area contributed by atoms with Crippen LogP contribution < -0.4 is 10.5 Å². The number of primary amides is 1. The maximum Gasteiger partial charge on any atom is 0.415 e. The van der Waals surface area contributed by atoms with Gasteiger partial charge in [0.15, 0.2) is 0 Å². The third-order valence-corrected chi connectivity index (χ3v) is 6.38. The van der Waals surface area contributed by atoms with E-state index in [0.717, 1.165) is 18.2 Å². The van der Waals surface area contributed by atoms with Crippen LogP contribution in [0.5, 0.6) is 5.75 Å². The molecule has 1 aliphatic carbocycles. The molecule has 0 spiro atoms. The second-order valence-electron chi connectivity index (χ2n) is 8.47. The van der Waals surface area contributed by atoms with Gasteiger partial charge in [-0.05, 0) is 42.0 Å². The van der Waals surface area contributed by atoms with E-state index in [-0.39, 0.29) is 17.2 Å². The highest BCUT2D eigenvalue weighted by atomic mass is 16.6. The first-order valence-corrected chi connectivity index (χ1v) is 11.1. The van der Waals surface area contributed by atoms with Crippen molar-refractivity contribution in [3.63, 3.8) is 0 Å². The van der Waals surface area contributed by atoms with Crippen molar-refractivity contribution in [3.8, 4) is 5.75 Å². The van der Waals surface area contributed by atoms with E-state index in [4.69, 9.17) is 10.5 Å². The number of nitrogens with zero attached hydrogens (tertiary/aromatic N) is 2. The van der Waals surface area contributed by atoms with Gasteiger partial charge in [0.05, 0.1) is 5.56 Å². The molecule has 3 amide bonds. The zero-order valence-electron chi connectivity index (χ0n) is 17.7. The molecule has 1 saturated heterocycles. The molecule has 0 radical (unpaired) electrons. The lowest BCUT2D eigenvalue weighted by Crippen LogP contribution is -2.39. The fourth-order valence-electron chi connectivity index (χ4n) is 4.69. The predicted molar refractivity (Wildman–Crippen MR) is 118 cm³/mol. The topological polar surface area (TPSA) is 92.9 Å². The summed E-state index contributed by atoms with van der Waals surface area (Å²) in [6, 6.07) is 10.7. The molecule has 2 aliphatic rings. The van der Waals surface area contributed by atoms with Gasteiger partial charge in [-0.1, -0.05) is 43.2 Å². The molecule has 2 aromatic rings. The molecule has 4 rings (SSSR count). The highest BCUT2D eigenvalue weighted by molar-refractivity contribution is 6.09. The maximum absolute atomic E-state index is 12.8. The van der Waals surface area contributed by atoms with Gasteiger partial charge < -0.3 is 20.3 Å². The number of ether oxygens (including phenoxy) is 1. The standard InChI is InChI=1S/C24H29N3O4/c25-23(29)22-19-9-4-3-8-18(19)10-11-20(22)31-24(30)27-13-5-12-26(14-15-27)21(28)16-17-6-1-2-7-17/h3-4,8-11,17H,1-2,5-7,12-16H2,(H2,25,29). The van der Waals surface area contributed by atoms with E-state index in [0.29, 0.717) is 50.3 Å². The molecule has 31 heavy (non-hydrogen) atoms. The normalized spacial score (nSPS) is 17.5. The summed E-state index contributed by atoms with van der Waals surface area (Å²) in [4.78, 5) is 41.0. The van der Waals surface area contributed by atoms with Gasteiger partial charge in [-0.15, -0.1) is 0 Å². The molecule has 0 aromatic heterocycles. The summed E-state index contributed by atoms with van der Waals surface area (Å²) >= 11 is 0. The molecule has 7 nitrogen and oxygen atoms in total. The number of carbonyl (C=O) groups excluding carboxylic acids is 3. The summed E-state index contributed by atoms with van der Waals surface area (Å²) in [7, 11) is 0.